The lowest BCUT2D eigenvalue weighted by molar-refractivity contribution is -0.259. The van der Waals surface area contributed by atoms with E-state index in [4.69, 9.17) is 0 Å². The molecule has 0 aromatic carbocycles. The van der Waals surface area contributed by atoms with E-state index >= 15 is 0 Å². The average molecular weight is 299 g/mol. The van der Waals surface area contributed by atoms with Gasteiger partial charge in [0.15, 0.2) is 0 Å². The number of nitrogens with zero attached hydrogens (tertiary/aromatic N) is 2. The van der Waals surface area contributed by atoms with Crippen molar-refractivity contribution in [2.45, 2.75) is 18.3 Å². The van der Waals surface area contributed by atoms with Crippen molar-refractivity contribution in [2.75, 3.05) is 0 Å². The zero-order valence-corrected chi connectivity index (χ0v) is 8.11. The molecule has 0 aliphatic rings. The number of hydrogen-bond donors (Lipinski definition) is 0. The van der Waals surface area contributed by atoms with Gasteiger partial charge in [-0.15, -0.1) is 0 Å². The van der Waals surface area contributed by atoms with E-state index in [1.807, 2.05) is 0 Å². The van der Waals surface area contributed by atoms with E-state index in [2.05, 4.69) is 30.6 Å². The molecule has 0 bridgehead atoms. The predicted octanol–water partition coefficient (Wildman–Crippen LogP) is 3.04. The van der Waals surface area contributed by atoms with E-state index < -0.39 is 28.9 Å². The fourth-order valence-corrected chi connectivity index (χ4v) is 1.05. The first-order valence-electron chi connectivity index (χ1n) is 3.25. The minimum atomic E-state index is -5.52. The third-order valence-corrected chi connectivity index (χ3v) is 1.64. The van der Waals surface area contributed by atoms with E-state index in [9.17, 15) is 26.3 Å². The molecule has 1 rings (SSSR count). The van der Waals surface area contributed by atoms with Gasteiger partial charge in [-0.1, -0.05) is 0 Å². The molecule has 0 radical (unpaired) electrons. The molecule has 0 saturated heterocycles. The zero-order valence-electron chi connectivity index (χ0n) is 6.53. The lowest BCUT2D eigenvalue weighted by Gasteiger charge is -2.18. The SMILES string of the molecule is FC(F)(F)C(c1nc(Br)no1)C(F)(F)F. The molecule has 0 aliphatic heterocycles. The summed E-state index contributed by atoms with van der Waals surface area (Å²) in [5.41, 5.74) is 0. The molecule has 1 heterocycles. The van der Waals surface area contributed by atoms with Gasteiger partial charge in [-0.3, -0.25) is 0 Å². The molecule has 10 heteroatoms. The lowest BCUT2D eigenvalue weighted by atomic mass is 10.1. The van der Waals surface area contributed by atoms with Gasteiger partial charge >= 0.3 is 12.4 Å². The largest absolute Gasteiger partial charge is 0.409 e. The molecule has 15 heavy (non-hydrogen) atoms. The Hall–Kier alpha value is -0.800. The van der Waals surface area contributed by atoms with Gasteiger partial charge in [0.2, 0.25) is 16.5 Å². The third kappa shape index (κ3) is 2.83. The van der Waals surface area contributed by atoms with Gasteiger partial charge in [0.05, 0.1) is 0 Å². The van der Waals surface area contributed by atoms with Crippen molar-refractivity contribution in [2.24, 2.45) is 0 Å². The van der Waals surface area contributed by atoms with Crippen molar-refractivity contribution < 1.29 is 30.9 Å². The highest BCUT2D eigenvalue weighted by molar-refractivity contribution is 9.10. The number of aromatic nitrogens is 2. The first kappa shape index (κ1) is 12.3. The molecule has 0 aliphatic carbocycles. The minimum Gasteiger partial charge on any atom is -0.337 e. The van der Waals surface area contributed by atoms with Gasteiger partial charge in [0.25, 0.3) is 0 Å². The van der Waals surface area contributed by atoms with Crippen molar-refractivity contribution in [3.05, 3.63) is 10.6 Å². The quantitative estimate of drug-likeness (QED) is 0.748. The van der Waals surface area contributed by atoms with Gasteiger partial charge in [-0.2, -0.15) is 31.3 Å². The standard InChI is InChI=1S/C5HBrF6N2O/c6-3-13-2(15-14-3)1(4(7,8)9)5(10,11)12/h1H. The lowest BCUT2D eigenvalue weighted by Crippen LogP contribution is -2.34. The second-order valence-electron chi connectivity index (χ2n) is 2.42. The van der Waals surface area contributed by atoms with Crippen LogP contribution in [0.4, 0.5) is 26.3 Å². The van der Waals surface area contributed by atoms with Gasteiger partial charge in [0.1, 0.15) is 0 Å². The van der Waals surface area contributed by atoms with E-state index in [-0.39, 0.29) is 0 Å². The number of halogens is 7. The van der Waals surface area contributed by atoms with Crippen molar-refractivity contribution in [1.82, 2.24) is 10.1 Å². The molecule has 3 nitrogen and oxygen atoms in total. The summed E-state index contributed by atoms with van der Waals surface area (Å²) in [6.45, 7) is 0. The summed E-state index contributed by atoms with van der Waals surface area (Å²) < 4.78 is 75.6. The van der Waals surface area contributed by atoms with E-state index in [1.165, 1.54) is 0 Å². The summed E-state index contributed by atoms with van der Waals surface area (Å²) in [6, 6.07) is 0. The topological polar surface area (TPSA) is 38.9 Å². The molecule has 0 fully saturated rings. The Morgan fingerprint density at radius 1 is 1.07 bits per heavy atom. The highest BCUT2D eigenvalue weighted by atomic mass is 79.9. The van der Waals surface area contributed by atoms with Gasteiger partial charge < -0.3 is 4.52 Å². The monoisotopic (exact) mass is 298 g/mol. The van der Waals surface area contributed by atoms with Crippen molar-refractivity contribution in [1.29, 1.82) is 0 Å². The smallest absolute Gasteiger partial charge is 0.337 e. The fraction of sp³-hybridized carbons (Fsp3) is 0.600. The summed E-state index contributed by atoms with van der Waals surface area (Å²) in [4.78, 5) is 2.84. The van der Waals surface area contributed by atoms with E-state index in [0.717, 1.165) is 0 Å². The van der Waals surface area contributed by atoms with Crippen LogP contribution >= 0.6 is 15.9 Å². The Morgan fingerprint density at radius 3 is 1.80 bits per heavy atom. The average Bonchev–Trinajstić information content (AvgIpc) is 2.28. The molecule has 0 saturated carbocycles. The second kappa shape index (κ2) is 3.65. The molecule has 0 N–H and O–H groups in total. The molecule has 0 amide bonds. The first-order valence-corrected chi connectivity index (χ1v) is 4.04. The Morgan fingerprint density at radius 2 is 1.53 bits per heavy atom. The first-order chi connectivity index (χ1) is 6.62. The van der Waals surface area contributed by atoms with Crippen LogP contribution < -0.4 is 0 Å². The summed E-state index contributed by atoms with van der Waals surface area (Å²) in [7, 11) is 0. The molecular formula is C5HBrF6N2O. The van der Waals surface area contributed by atoms with Crippen LogP contribution in [-0.2, 0) is 0 Å². The summed E-state index contributed by atoms with van der Waals surface area (Å²) in [5, 5.41) is 2.80. The summed E-state index contributed by atoms with van der Waals surface area (Å²) in [6.07, 6.45) is -11.0. The van der Waals surface area contributed by atoms with E-state index in [1.54, 1.807) is 0 Å². The highest BCUT2D eigenvalue weighted by Gasteiger charge is 2.60. The Bertz CT molecular complexity index is 330. The Labute approximate surface area is 86.6 Å². The van der Waals surface area contributed by atoms with Crippen LogP contribution in [0.2, 0.25) is 0 Å². The minimum absolute atomic E-state index is 0.476. The van der Waals surface area contributed by atoms with Crippen LogP contribution in [0.5, 0.6) is 0 Å². The maximum atomic E-state index is 12.0. The van der Waals surface area contributed by atoms with Crippen LogP contribution in [-0.4, -0.2) is 22.5 Å². The predicted molar refractivity (Wildman–Crippen MR) is 36.8 cm³/mol. The maximum Gasteiger partial charge on any atom is 0.409 e. The van der Waals surface area contributed by atoms with Crippen molar-refractivity contribution >= 4 is 15.9 Å². The second-order valence-corrected chi connectivity index (χ2v) is 3.13. The molecule has 0 atom stereocenters. The molecule has 1 aromatic rings. The summed E-state index contributed by atoms with van der Waals surface area (Å²) in [5.74, 6) is -5.30. The van der Waals surface area contributed by atoms with Crippen LogP contribution in [0.25, 0.3) is 0 Å². The number of rotatable bonds is 1. The van der Waals surface area contributed by atoms with E-state index in [0.29, 0.717) is 0 Å². The van der Waals surface area contributed by atoms with Crippen molar-refractivity contribution in [3.8, 4) is 0 Å². The van der Waals surface area contributed by atoms with Crippen molar-refractivity contribution in [3.63, 3.8) is 0 Å². The molecule has 1 aromatic heterocycles. The molecule has 0 spiro atoms. The zero-order chi connectivity index (χ0) is 11.9. The maximum absolute atomic E-state index is 12.0. The molecule has 0 unspecified atom stereocenters. The Kier molecular flexibility index (Phi) is 2.99. The van der Waals surface area contributed by atoms with Gasteiger partial charge in [-0.25, -0.2) is 0 Å². The number of hydrogen-bond acceptors (Lipinski definition) is 3. The fourth-order valence-electron chi connectivity index (χ4n) is 0.799. The third-order valence-electron chi connectivity index (χ3n) is 1.32. The highest BCUT2D eigenvalue weighted by Crippen LogP contribution is 2.45. The molecular weight excluding hydrogens is 298 g/mol. The van der Waals surface area contributed by atoms with Crippen LogP contribution in [0, 0.1) is 0 Å². The molecule has 86 valence electrons. The van der Waals surface area contributed by atoms with Gasteiger partial charge in [0, 0.05) is 0 Å². The van der Waals surface area contributed by atoms with Crippen LogP contribution in [0.1, 0.15) is 11.8 Å². The van der Waals surface area contributed by atoms with Gasteiger partial charge in [-0.05, 0) is 21.1 Å². The Balaban J connectivity index is 3.14. The van der Waals surface area contributed by atoms with Crippen LogP contribution in [0.3, 0.4) is 0 Å². The number of alkyl halides is 6. The summed E-state index contributed by atoms with van der Waals surface area (Å²) >= 11 is 2.48. The van der Waals surface area contributed by atoms with Crippen LogP contribution in [0.15, 0.2) is 9.26 Å². The normalized spacial score (nSPS) is 13.6.